The van der Waals surface area contributed by atoms with Crippen LogP contribution in [-0.4, -0.2) is 68.7 Å². The number of imidazole rings is 1. The molecule has 0 radical (unpaired) electrons. The van der Waals surface area contributed by atoms with Crippen molar-refractivity contribution in [3.05, 3.63) is 12.5 Å². The number of nitrogen functional groups attached to an aromatic ring is 1. The van der Waals surface area contributed by atoms with Crippen molar-refractivity contribution >= 4 is 43.6 Å². The van der Waals surface area contributed by atoms with E-state index in [0.29, 0.717) is 5.52 Å². The Balaban J connectivity index is 2.11. The van der Waals surface area contributed by atoms with Crippen LogP contribution in [0.15, 0.2) is 12.5 Å². The van der Waals surface area contributed by atoms with Crippen molar-refractivity contribution in [3.8, 4) is 11.3 Å². The van der Waals surface area contributed by atoms with Crippen LogP contribution < -0.4 is 16.6 Å². The molecule has 2 heterocycles. The van der Waals surface area contributed by atoms with Gasteiger partial charge in [0.05, 0.1) is 34.2 Å². The third kappa shape index (κ3) is 6.24. The van der Waals surface area contributed by atoms with Gasteiger partial charge < -0.3 is 24.8 Å². The van der Waals surface area contributed by atoms with Crippen LogP contribution in [-0.2, 0) is 24.5 Å². The summed E-state index contributed by atoms with van der Waals surface area (Å²) in [6.07, 6.45) is 0.221. The first-order valence-electron chi connectivity index (χ1n) is 9.55. The van der Waals surface area contributed by atoms with Crippen LogP contribution in [0.1, 0.15) is 20.8 Å². The first kappa shape index (κ1) is 26.2. The summed E-state index contributed by atoms with van der Waals surface area (Å²) in [5.74, 6) is 2.19. The van der Waals surface area contributed by atoms with Crippen LogP contribution in [0.5, 0.6) is 0 Å². The van der Waals surface area contributed by atoms with Crippen LogP contribution >= 0.6 is 20.6 Å². The summed E-state index contributed by atoms with van der Waals surface area (Å²) in [6, 6.07) is -0.570. The van der Waals surface area contributed by atoms with E-state index in [1.54, 1.807) is 20.8 Å². The quantitative estimate of drug-likeness (QED) is 0.146. The second-order valence-corrected chi connectivity index (χ2v) is 8.05. The predicted octanol–water partition coefficient (Wildman–Crippen LogP) is 0.0504. The number of anilines is 1. The zero-order valence-electron chi connectivity index (χ0n) is 18.1. The molecule has 32 heavy (non-hydrogen) atoms. The summed E-state index contributed by atoms with van der Waals surface area (Å²) in [6.45, 7) is 5.12. The van der Waals surface area contributed by atoms with Gasteiger partial charge in [0.2, 0.25) is 5.95 Å². The molecule has 2 aromatic heterocycles. The lowest BCUT2D eigenvalue weighted by molar-refractivity contribution is -0.148. The normalized spacial score (nSPS) is 16.5. The molecule has 2 aromatic rings. The summed E-state index contributed by atoms with van der Waals surface area (Å²) >= 11 is 5.64. The number of nitrogens with zero attached hydrogens (tertiary/aromatic N) is 4. The van der Waals surface area contributed by atoms with Crippen molar-refractivity contribution in [1.29, 1.82) is 0 Å². The average Bonchev–Trinajstić information content (AvgIpc) is 3.16. The number of nitrogens with two attached hydrogens (primary N) is 2. The lowest BCUT2D eigenvalue weighted by Gasteiger charge is -2.34. The van der Waals surface area contributed by atoms with E-state index in [2.05, 4.69) is 31.3 Å². The second-order valence-electron chi connectivity index (χ2n) is 7.08. The van der Waals surface area contributed by atoms with E-state index in [1.807, 2.05) is 0 Å². The highest BCUT2D eigenvalue weighted by molar-refractivity contribution is 7.29. The van der Waals surface area contributed by atoms with E-state index in [0.717, 1.165) is 0 Å². The SMILES string of the molecule is COC(COPNC(C)C(=O)OC(C)C)C(O)C(N)(C#CCl)n1cnc2cnc(N)nc21. The molecule has 0 aliphatic heterocycles. The molecule has 176 valence electrons. The van der Waals surface area contributed by atoms with E-state index >= 15 is 0 Å². The Morgan fingerprint density at radius 1 is 1.44 bits per heavy atom. The molecular formula is C18H27ClN7O5P. The molecule has 0 saturated heterocycles. The Morgan fingerprint density at radius 3 is 2.78 bits per heavy atom. The molecule has 6 N–H and O–H groups in total. The van der Waals surface area contributed by atoms with Gasteiger partial charge in [-0.15, -0.1) is 0 Å². The number of aliphatic hydroxyl groups is 1. The predicted molar refractivity (Wildman–Crippen MR) is 120 cm³/mol. The molecule has 0 aliphatic carbocycles. The van der Waals surface area contributed by atoms with E-state index in [4.69, 9.17) is 37.1 Å². The molecule has 0 aromatic carbocycles. The number of carbonyl (C=O) groups excluding carboxylic acids is 1. The van der Waals surface area contributed by atoms with Crippen LogP contribution in [0.3, 0.4) is 0 Å². The Hall–Kier alpha value is -2.10. The molecule has 5 unspecified atom stereocenters. The van der Waals surface area contributed by atoms with Gasteiger partial charge in [-0.25, -0.2) is 9.97 Å². The largest absolute Gasteiger partial charge is 0.462 e. The Labute approximate surface area is 192 Å². The molecule has 14 heteroatoms. The second kappa shape index (κ2) is 11.7. The van der Waals surface area contributed by atoms with Gasteiger partial charge >= 0.3 is 5.97 Å². The first-order valence-corrected chi connectivity index (χ1v) is 10.8. The van der Waals surface area contributed by atoms with Crippen molar-refractivity contribution < 1.29 is 23.9 Å². The fourth-order valence-corrected chi connectivity index (χ4v) is 3.44. The number of methoxy groups -OCH3 is 1. The number of hydrogen-bond acceptors (Lipinski definition) is 11. The molecule has 0 fully saturated rings. The zero-order chi connectivity index (χ0) is 23.9. The lowest BCUT2D eigenvalue weighted by atomic mass is 9.99. The van der Waals surface area contributed by atoms with Crippen LogP contribution in [0.2, 0.25) is 0 Å². The highest BCUT2D eigenvalue weighted by Crippen LogP contribution is 2.24. The van der Waals surface area contributed by atoms with Gasteiger partial charge in [0.1, 0.15) is 23.8 Å². The van der Waals surface area contributed by atoms with Crippen LogP contribution in [0.25, 0.3) is 11.2 Å². The fourth-order valence-electron chi connectivity index (χ4n) is 2.66. The molecule has 0 bridgehead atoms. The van der Waals surface area contributed by atoms with Gasteiger partial charge in [-0.05, 0) is 38.3 Å². The number of carbonyl (C=O) groups is 1. The topological polar surface area (TPSA) is 173 Å². The summed E-state index contributed by atoms with van der Waals surface area (Å²) in [7, 11) is 1.12. The number of aliphatic hydroxyl groups excluding tert-OH is 1. The molecule has 2 rings (SSSR count). The van der Waals surface area contributed by atoms with Crippen molar-refractivity contribution in [2.45, 2.75) is 50.8 Å². The minimum absolute atomic E-state index is 0.000986. The van der Waals surface area contributed by atoms with E-state index in [9.17, 15) is 9.90 Å². The maximum absolute atomic E-state index is 11.8. The number of esters is 1. The van der Waals surface area contributed by atoms with E-state index in [-0.39, 0.29) is 33.3 Å². The summed E-state index contributed by atoms with van der Waals surface area (Å²) < 4.78 is 17.4. The standard InChI is InChI=1S/C18H27ClN7O5P/c1-10(2)31-16(28)11(3)25-32-30-8-13(29-4)14(27)18(21,5-6-19)26-9-23-12-7-22-17(20)24-15(12)26/h7,9-11,13-14,25,27,32H,8,21H2,1-4H3,(H2,20,22,24). The Morgan fingerprint density at radius 2 is 2.16 bits per heavy atom. The third-order valence-corrected chi connectivity index (χ3v) is 5.32. The minimum atomic E-state index is -1.77. The molecule has 12 nitrogen and oxygen atoms in total. The highest BCUT2D eigenvalue weighted by Gasteiger charge is 2.41. The van der Waals surface area contributed by atoms with Crippen LogP contribution in [0, 0.1) is 11.3 Å². The number of nitrogens with one attached hydrogen (secondary N) is 1. The number of hydrogen-bond donors (Lipinski definition) is 4. The minimum Gasteiger partial charge on any atom is -0.462 e. The molecule has 0 aliphatic rings. The molecule has 0 saturated carbocycles. The van der Waals surface area contributed by atoms with Crippen molar-refractivity contribution in [1.82, 2.24) is 24.6 Å². The summed E-state index contributed by atoms with van der Waals surface area (Å²) in [5, 5.41) is 16.1. The van der Waals surface area contributed by atoms with Crippen molar-refractivity contribution in [3.63, 3.8) is 0 Å². The lowest BCUT2D eigenvalue weighted by Crippen LogP contribution is -2.57. The highest BCUT2D eigenvalue weighted by atomic mass is 35.5. The monoisotopic (exact) mass is 487 g/mol. The van der Waals surface area contributed by atoms with Gasteiger partial charge in [-0.1, -0.05) is 0 Å². The number of aromatic nitrogens is 4. The first-order chi connectivity index (χ1) is 15.1. The van der Waals surface area contributed by atoms with Crippen molar-refractivity contribution in [2.75, 3.05) is 19.5 Å². The summed E-state index contributed by atoms with van der Waals surface area (Å²) in [5.41, 5.74) is 11.0. The Kier molecular flexibility index (Phi) is 9.54. The van der Waals surface area contributed by atoms with Gasteiger partial charge in [-0.2, -0.15) is 4.98 Å². The third-order valence-electron chi connectivity index (χ3n) is 4.36. The van der Waals surface area contributed by atoms with Gasteiger partial charge in [0.15, 0.2) is 11.3 Å². The molecule has 0 amide bonds. The van der Waals surface area contributed by atoms with Gasteiger partial charge in [0, 0.05) is 12.5 Å². The summed E-state index contributed by atoms with van der Waals surface area (Å²) in [4.78, 5) is 24.0. The van der Waals surface area contributed by atoms with Crippen LogP contribution in [0.4, 0.5) is 5.95 Å². The number of fused-ring (bicyclic) bond motifs is 1. The van der Waals surface area contributed by atoms with E-state index in [1.165, 1.54) is 24.2 Å². The fraction of sp³-hybridized carbons (Fsp3) is 0.556. The molecule has 5 atom stereocenters. The van der Waals surface area contributed by atoms with Gasteiger partial charge in [-0.3, -0.25) is 20.2 Å². The maximum Gasteiger partial charge on any atom is 0.323 e. The smallest absolute Gasteiger partial charge is 0.323 e. The van der Waals surface area contributed by atoms with Crippen molar-refractivity contribution in [2.24, 2.45) is 5.73 Å². The zero-order valence-corrected chi connectivity index (χ0v) is 19.8. The number of halogens is 1. The average molecular weight is 488 g/mol. The molecular weight excluding hydrogens is 461 g/mol. The van der Waals surface area contributed by atoms with E-state index < -0.39 is 29.9 Å². The molecule has 0 spiro atoms. The number of ether oxygens (including phenoxy) is 2. The Bertz CT molecular complexity index is 982. The number of rotatable bonds is 11. The van der Waals surface area contributed by atoms with Gasteiger partial charge in [0.25, 0.3) is 0 Å². The maximum atomic E-state index is 11.8.